The molecule has 0 unspecified atom stereocenters. The zero-order valence-corrected chi connectivity index (χ0v) is 15.1. The molecule has 3 atom stereocenters. The molecule has 0 bridgehead atoms. The highest BCUT2D eigenvalue weighted by Gasteiger charge is 2.42. The number of hydrogen-bond donors (Lipinski definition) is 1. The fourth-order valence-corrected chi connectivity index (χ4v) is 4.46. The van der Waals surface area contributed by atoms with Crippen molar-refractivity contribution >= 4 is 6.03 Å². The normalized spacial score (nSPS) is 29.5. The van der Waals surface area contributed by atoms with Crippen molar-refractivity contribution in [2.75, 3.05) is 33.3 Å². The highest BCUT2D eigenvalue weighted by molar-refractivity contribution is 5.75. The molecule has 2 heterocycles. The van der Waals surface area contributed by atoms with Gasteiger partial charge in [0, 0.05) is 31.1 Å². The van der Waals surface area contributed by atoms with Crippen molar-refractivity contribution in [2.45, 2.75) is 50.1 Å². The zero-order valence-electron chi connectivity index (χ0n) is 15.1. The summed E-state index contributed by atoms with van der Waals surface area (Å²) >= 11 is 0. The van der Waals surface area contributed by atoms with E-state index in [0.717, 1.165) is 31.7 Å². The Hall–Kier alpha value is -1.75. The van der Waals surface area contributed by atoms with Crippen LogP contribution >= 0.6 is 0 Å². The van der Waals surface area contributed by atoms with Gasteiger partial charge in [-0.05, 0) is 56.8 Å². The molecule has 4 rings (SSSR count). The Labute approximate surface area is 150 Å². The predicted molar refractivity (Wildman–Crippen MR) is 98.1 cm³/mol. The first-order chi connectivity index (χ1) is 12.3. The summed E-state index contributed by atoms with van der Waals surface area (Å²) < 4.78 is 5.46. The highest BCUT2D eigenvalue weighted by atomic mass is 16.5. The predicted octanol–water partition coefficient (Wildman–Crippen LogP) is 2.82. The largest absolute Gasteiger partial charge is 0.496 e. The second-order valence-corrected chi connectivity index (χ2v) is 7.63. The summed E-state index contributed by atoms with van der Waals surface area (Å²) in [5.74, 6) is 1.32. The number of hydrogen-bond acceptors (Lipinski definition) is 3. The number of methoxy groups -OCH3 is 1. The van der Waals surface area contributed by atoms with Crippen LogP contribution in [0.25, 0.3) is 0 Å². The lowest BCUT2D eigenvalue weighted by atomic mass is 10.0. The van der Waals surface area contributed by atoms with Crippen molar-refractivity contribution in [3.8, 4) is 5.75 Å². The average molecular weight is 343 g/mol. The number of carbonyl (C=O) groups is 1. The number of rotatable bonds is 4. The lowest BCUT2D eigenvalue weighted by molar-refractivity contribution is 0.125. The molecule has 1 N–H and O–H groups in total. The number of nitrogens with one attached hydrogen (secondary N) is 1. The van der Waals surface area contributed by atoms with Crippen molar-refractivity contribution in [1.29, 1.82) is 0 Å². The van der Waals surface area contributed by atoms with Crippen molar-refractivity contribution in [3.63, 3.8) is 0 Å². The van der Waals surface area contributed by atoms with Crippen molar-refractivity contribution in [1.82, 2.24) is 15.1 Å². The Balaban J connectivity index is 1.32. The van der Waals surface area contributed by atoms with Crippen LogP contribution in [0.1, 0.15) is 43.6 Å². The fraction of sp³-hybridized carbons (Fsp3) is 0.650. The molecule has 1 saturated carbocycles. The number of para-hydroxylation sites is 1. The quantitative estimate of drug-likeness (QED) is 0.914. The van der Waals surface area contributed by atoms with Crippen LogP contribution in [0.15, 0.2) is 24.3 Å². The van der Waals surface area contributed by atoms with E-state index in [2.05, 4.69) is 16.3 Å². The highest BCUT2D eigenvalue weighted by Crippen LogP contribution is 2.44. The second-order valence-electron chi connectivity index (χ2n) is 7.63. The molecule has 25 heavy (non-hydrogen) atoms. The van der Waals surface area contributed by atoms with Gasteiger partial charge in [-0.3, -0.25) is 4.90 Å². The molecule has 136 valence electrons. The van der Waals surface area contributed by atoms with Gasteiger partial charge in [0.2, 0.25) is 0 Å². The standard InChI is InChI=1S/C20H29N3O2/c1-25-19-9-3-2-8-16(19)17-13-18(17)21-20(24)23-12-6-7-15(14-23)22-10-4-5-11-22/h2-3,8-9,15,17-18H,4-7,10-14H2,1H3,(H,21,24)/t15-,17+,18+/m1/s1. The Morgan fingerprint density at radius 2 is 1.96 bits per heavy atom. The molecule has 2 amide bonds. The lowest BCUT2D eigenvalue weighted by Gasteiger charge is -2.37. The third-order valence-corrected chi connectivity index (χ3v) is 5.98. The van der Waals surface area contributed by atoms with E-state index in [4.69, 9.17) is 4.74 Å². The summed E-state index contributed by atoms with van der Waals surface area (Å²) in [5.41, 5.74) is 1.21. The molecule has 3 aliphatic rings. The van der Waals surface area contributed by atoms with E-state index in [1.807, 2.05) is 23.1 Å². The van der Waals surface area contributed by atoms with Crippen molar-refractivity contribution < 1.29 is 9.53 Å². The smallest absolute Gasteiger partial charge is 0.317 e. The van der Waals surface area contributed by atoms with E-state index in [1.165, 1.54) is 37.9 Å². The van der Waals surface area contributed by atoms with Crippen molar-refractivity contribution in [2.24, 2.45) is 0 Å². The van der Waals surface area contributed by atoms with Crippen LogP contribution in [0.3, 0.4) is 0 Å². The van der Waals surface area contributed by atoms with E-state index < -0.39 is 0 Å². The number of amides is 2. The third-order valence-electron chi connectivity index (χ3n) is 5.98. The van der Waals surface area contributed by atoms with Crippen LogP contribution in [-0.2, 0) is 0 Å². The maximum absolute atomic E-state index is 12.7. The van der Waals surface area contributed by atoms with Gasteiger partial charge in [0.25, 0.3) is 0 Å². The summed E-state index contributed by atoms with van der Waals surface area (Å²) in [6.45, 7) is 4.19. The lowest BCUT2D eigenvalue weighted by Crippen LogP contribution is -2.52. The maximum atomic E-state index is 12.7. The zero-order chi connectivity index (χ0) is 17.2. The molecule has 0 aromatic heterocycles. The number of likely N-dealkylation sites (tertiary alicyclic amines) is 2. The molecule has 5 nitrogen and oxygen atoms in total. The number of piperidine rings is 1. The number of ether oxygens (including phenoxy) is 1. The van der Waals surface area contributed by atoms with Gasteiger partial charge in [0.1, 0.15) is 5.75 Å². The molecule has 1 aliphatic carbocycles. The molecule has 2 aliphatic heterocycles. The minimum absolute atomic E-state index is 0.117. The molecule has 1 aromatic rings. The molecular weight excluding hydrogens is 314 g/mol. The van der Waals surface area contributed by atoms with Crippen LogP contribution in [0.4, 0.5) is 4.79 Å². The van der Waals surface area contributed by atoms with E-state index in [0.29, 0.717) is 12.0 Å². The van der Waals surface area contributed by atoms with Crippen LogP contribution < -0.4 is 10.1 Å². The Bertz CT molecular complexity index is 615. The van der Waals surface area contributed by atoms with Gasteiger partial charge in [0.05, 0.1) is 7.11 Å². The molecule has 2 saturated heterocycles. The molecule has 0 radical (unpaired) electrons. The molecular formula is C20H29N3O2. The summed E-state index contributed by atoms with van der Waals surface area (Å²) in [7, 11) is 1.71. The minimum Gasteiger partial charge on any atom is -0.496 e. The van der Waals surface area contributed by atoms with Gasteiger partial charge in [-0.1, -0.05) is 18.2 Å². The van der Waals surface area contributed by atoms with Crippen LogP contribution in [0, 0.1) is 0 Å². The van der Waals surface area contributed by atoms with Gasteiger partial charge in [0.15, 0.2) is 0 Å². The fourth-order valence-electron chi connectivity index (χ4n) is 4.46. The number of nitrogens with zero attached hydrogens (tertiary/aromatic N) is 2. The summed E-state index contributed by atoms with van der Waals surface area (Å²) in [6.07, 6.45) is 5.98. The first-order valence-corrected chi connectivity index (χ1v) is 9.68. The molecule has 3 fully saturated rings. The number of carbonyl (C=O) groups excluding carboxylic acids is 1. The van der Waals surface area contributed by atoms with Gasteiger partial charge >= 0.3 is 6.03 Å². The van der Waals surface area contributed by atoms with E-state index in [1.54, 1.807) is 7.11 Å². The van der Waals surface area contributed by atoms with Crippen molar-refractivity contribution in [3.05, 3.63) is 29.8 Å². The van der Waals surface area contributed by atoms with Crippen LogP contribution in [0.5, 0.6) is 5.75 Å². The summed E-state index contributed by atoms with van der Waals surface area (Å²) in [5, 5.41) is 3.25. The first kappa shape index (κ1) is 16.7. The van der Waals surface area contributed by atoms with E-state index in [-0.39, 0.29) is 12.1 Å². The van der Waals surface area contributed by atoms with E-state index >= 15 is 0 Å². The molecule has 1 aromatic carbocycles. The van der Waals surface area contributed by atoms with Gasteiger partial charge in [-0.2, -0.15) is 0 Å². The summed E-state index contributed by atoms with van der Waals surface area (Å²) in [4.78, 5) is 17.3. The Morgan fingerprint density at radius 1 is 1.16 bits per heavy atom. The molecule has 5 heteroatoms. The first-order valence-electron chi connectivity index (χ1n) is 9.68. The Kier molecular flexibility index (Phi) is 4.84. The topological polar surface area (TPSA) is 44.8 Å². The van der Waals surface area contributed by atoms with Gasteiger partial charge in [-0.25, -0.2) is 4.79 Å². The average Bonchev–Trinajstić information content (AvgIpc) is 3.19. The molecule has 0 spiro atoms. The SMILES string of the molecule is COc1ccccc1[C@@H]1C[C@@H]1NC(=O)N1CCC[C@@H](N2CCCC2)C1. The monoisotopic (exact) mass is 343 g/mol. The second kappa shape index (κ2) is 7.24. The van der Waals surface area contributed by atoms with Crippen LogP contribution in [-0.4, -0.2) is 61.2 Å². The number of benzene rings is 1. The maximum Gasteiger partial charge on any atom is 0.317 e. The van der Waals surface area contributed by atoms with Crippen LogP contribution in [0.2, 0.25) is 0 Å². The summed E-state index contributed by atoms with van der Waals surface area (Å²) in [6, 6.07) is 9.07. The van der Waals surface area contributed by atoms with Gasteiger partial charge in [-0.15, -0.1) is 0 Å². The number of urea groups is 1. The minimum atomic E-state index is 0.117. The van der Waals surface area contributed by atoms with E-state index in [9.17, 15) is 4.79 Å². The van der Waals surface area contributed by atoms with Gasteiger partial charge < -0.3 is 15.0 Å². The third kappa shape index (κ3) is 3.61. The Morgan fingerprint density at radius 3 is 2.76 bits per heavy atom.